The Balaban J connectivity index is 1.96. The zero-order valence-electron chi connectivity index (χ0n) is 9.13. The highest BCUT2D eigenvalue weighted by molar-refractivity contribution is 7.19. The van der Waals surface area contributed by atoms with E-state index in [1.54, 1.807) is 23.5 Å². The van der Waals surface area contributed by atoms with Gasteiger partial charge in [0, 0.05) is 10.9 Å². The van der Waals surface area contributed by atoms with Crippen LogP contribution in [-0.2, 0) is 0 Å². The maximum absolute atomic E-state index is 9.26. The second-order valence-corrected chi connectivity index (χ2v) is 6.26. The van der Waals surface area contributed by atoms with E-state index in [9.17, 15) is 5.11 Å². The lowest BCUT2D eigenvalue weighted by Crippen LogP contribution is -1.76. The number of phenolic OH excluding ortho intramolecular Hbond substituents is 1. The highest BCUT2D eigenvalue weighted by Crippen LogP contribution is 2.34. The third kappa shape index (κ3) is 2.27. The van der Waals surface area contributed by atoms with E-state index in [4.69, 9.17) is 11.6 Å². The van der Waals surface area contributed by atoms with Gasteiger partial charge in [0.05, 0.1) is 14.9 Å². The van der Waals surface area contributed by atoms with Gasteiger partial charge in [-0.2, -0.15) is 0 Å². The fourth-order valence-corrected chi connectivity index (χ4v) is 3.48. The van der Waals surface area contributed by atoms with Crippen LogP contribution in [0.3, 0.4) is 0 Å². The molecule has 2 nitrogen and oxygen atoms in total. The van der Waals surface area contributed by atoms with Crippen molar-refractivity contribution in [3.8, 4) is 26.9 Å². The molecule has 0 atom stereocenters. The molecule has 0 radical (unpaired) electrons. The molecule has 0 aliphatic rings. The summed E-state index contributed by atoms with van der Waals surface area (Å²) < 4.78 is 0.768. The number of thiophene rings is 1. The van der Waals surface area contributed by atoms with Gasteiger partial charge in [-0.15, -0.1) is 22.7 Å². The van der Waals surface area contributed by atoms with E-state index in [-0.39, 0.29) is 5.75 Å². The van der Waals surface area contributed by atoms with Gasteiger partial charge in [0.25, 0.3) is 0 Å². The number of aromatic hydroxyl groups is 1. The van der Waals surface area contributed by atoms with Crippen molar-refractivity contribution < 1.29 is 5.11 Å². The smallest absolute Gasteiger partial charge is 0.124 e. The van der Waals surface area contributed by atoms with Crippen molar-refractivity contribution in [3.63, 3.8) is 0 Å². The van der Waals surface area contributed by atoms with Gasteiger partial charge >= 0.3 is 0 Å². The highest BCUT2D eigenvalue weighted by atomic mass is 35.5. The maximum atomic E-state index is 9.26. The van der Waals surface area contributed by atoms with E-state index >= 15 is 0 Å². The topological polar surface area (TPSA) is 33.1 Å². The number of hydrogen-bond donors (Lipinski definition) is 1. The number of nitrogens with zero attached hydrogens (tertiary/aromatic N) is 1. The van der Waals surface area contributed by atoms with Gasteiger partial charge in [0.2, 0.25) is 0 Å². The SMILES string of the molecule is Oc1ccc(-c2nc(-c3ccc(Cl)s3)cs2)cc1. The lowest BCUT2D eigenvalue weighted by Gasteiger charge is -1.95. The molecule has 0 saturated heterocycles. The maximum Gasteiger partial charge on any atom is 0.124 e. The van der Waals surface area contributed by atoms with E-state index < -0.39 is 0 Å². The average molecular weight is 294 g/mol. The molecule has 1 aromatic carbocycles. The second-order valence-electron chi connectivity index (χ2n) is 3.69. The third-order valence-electron chi connectivity index (χ3n) is 2.44. The molecular formula is C13H8ClNOS2. The van der Waals surface area contributed by atoms with Crippen LogP contribution < -0.4 is 0 Å². The predicted octanol–water partition coefficient (Wildman–Crippen LogP) is 4.90. The van der Waals surface area contributed by atoms with Crippen molar-refractivity contribution in [2.45, 2.75) is 0 Å². The van der Waals surface area contributed by atoms with Crippen LogP contribution >= 0.6 is 34.3 Å². The van der Waals surface area contributed by atoms with Crippen LogP contribution in [0.5, 0.6) is 5.75 Å². The Morgan fingerprint density at radius 3 is 2.50 bits per heavy atom. The first-order valence-electron chi connectivity index (χ1n) is 5.23. The van der Waals surface area contributed by atoms with Crippen LogP contribution in [-0.4, -0.2) is 10.1 Å². The molecule has 0 saturated carbocycles. The Kier molecular flexibility index (Phi) is 3.07. The molecule has 0 unspecified atom stereocenters. The largest absolute Gasteiger partial charge is 0.508 e. The monoisotopic (exact) mass is 293 g/mol. The summed E-state index contributed by atoms with van der Waals surface area (Å²) in [7, 11) is 0. The van der Waals surface area contributed by atoms with E-state index in [1.165, 1.54) is 11.3 Å². The molecule has 3 aromatic rings. The number of hydrogen-bond acceptors (Lipinski definition) is 4. The van der Waals surface area contributed by atoms with Crippen LogP contribution in [0, 0.1) is 0 Å². The van der Waals surface area contributed by atoms with Crippen LogP contribution in [0.25, 0.3) is 21.1 Å². The summed E-state index contributed by atoms with van der Waals surface area (Å²) in [4.78, 5) is 5.65. The van der Waals surface area contributed by atoms with Gasteiger partial charge in [0.15, 0.2) is 0 Å². The molecule has 0 amide bonds. The number of phenols is 1. The van der Waals surface area contributed by atoms with Crippen molar-refractivity contribution in [1.82, 2.24) is 4.98 Å². The molecule has 2 aromatic heterocycles. The molecular weight excluding hydrogens is 286 g/mol. The number of benzene rings is 1. The first-order valence-corrected chi connectivity index (χ1v) is 7.30. The van der Waals surface area contributed by atoms with Gasteiger partial charge in [-0.25, -0.2) is 4.98 Å². The van der Waals surface area contributed by atoms with Gasteiger partial charge in [-0.1, -0.05) is 11.6 Å². The van der Waals surface area contributed by atoms with Crippen molar-refractivity contribution in [2.24, 2.45) is 0 Å². The molecule has 0 spiro atoms. The summed E-state index contributed by atoms with van der Waals surface area (Å²) in [6.07, 6.45) is 0. The van der Waals surface area contributed by atoms with Crippen molar-refractivity contribution in [3.05, 3.63) is 46.1 Å². The molecule has 0 fully saturated rings. The Bertz CT molecular complexity index is 672. The van der Waals surface area contributed by atoms with Crippen LogP contribution in [0.15, 0.2) is 41.8 Å². The minimum Gasteiger partial charge on any atom is -0.508 e. The summed E-state index contributed by atoms with van der Waals surface area (Å²) in [6.45, 7) is 0. The summed E-state index contributed by atoms with van der Waals surface area (Å²) in [5, 5.41) is 12.2. The van der Waals surface area contributed by atoms with E-state index in [1.807, 2.05) is 29.6 Å². The van der Waals surface area contributed by atoms with Crippen molar-refractivity contribution in [2.75, 3.05) is 0 Å². The fraction of sp³-hybridized carbons (Fsp3) is 0. The predicted molar refractivity (Wildman–Crippen MR) is 77.5 cm³/mol. The Morgan fingerprint density at radius 2 is 1.83 bits per heavy atom. The Labute approximate surface area is 117 Å². The number of aromatic nitrogens is 1. The highest BCUT2D eigenvalue weighted by Gasteiger charge is 2.08. The summed E-state index contributed by atoms with van der Waals surface area (Å²) in [6, 6.07) is 10.9. The standard InChI is InChI=1S/C13H8ClNOS2/c14-12-6-5-11(18-12)10-7-17-13(15-10)8-1-3-9(16)4-2-8/h1-7,16H. The molecule has 0 bridgehead atoms. The Morgan fingerprint density at radius 1 is 1.06 bits per heavy atom. The molecule has 2 heterocycles. The molecule has 1 N–H and O–H groups in total. The van der Waals surface area contributed by atoms with Crippen molar-refractivity contribution >= 4 is 34.3 Å². The molecule has 0 aliphatic carbocycles. The lowest BCUT2D eigenvalue weighted by atomic mass is 10.2. The minimum atomic E-state index is 0.264. The van der Waals surface area contributed by atoms with Gasteiger partial charge < -0.3 is 5.11 Å². The zero-order valence-corrected chi connectivity index (χ0v) is 11.5. The van der Waals surface area contributed by atoms with Crippen molar-refractivity contribution in [1.29, 1.82) is 0 Å². The first kappa shape index (κ1) is 11.7. The Hall–Kier alpha value is -1.36. The third-order valence-corrected chi connectivity index (χ3v) is 4.59. The second kappa shape index (κ2) is 4.72. The molecule has 3 rings (SSSR count). The molecule has 5 heteroatoms. The number of rotatable bonds is 2. The normalized spacial score (nSPS) is 10.7. The fourth-order valence-electron chi connectivity index (χ4n) is 1.58. The first-order chi connectivity index (χ1) is 8.72. The van der Waals surface area contributed by atoms with E-state index in [0.29, 0.717) is 0 Å². The molecule has 18 heavy (non-hydrogen) atoms. The summed E-state index contributed by atoms with van der Waals surface area (Å²) >= 11 is 9.02. The number of halogens is 1. The van der Waals surface area contributed by atoms with E-state index in [0.717, 1.165) is 25.5 Å². The summed E-state index contributed by atoms with van der Waals surface area (Å²) in [5.74, 6) is 0.264. The van der Waals surface area contributed by atoms with Gasteiger partial charge in [0.1, 0.15) is 10.8 Å². The van der Waals surface area contributed by atoms with Crippen LogP contribution in [0.1, 0.15) is 0 Å². The zero-order chi connectivity index (χ0) is 12.5. The summed E-state index contributed by atoms with van der Waals surface area (Å²) in [5.41, 5.74) is 1.95. The molecule has 90 valence electrons. The average Bonchev–Trinajstić information content (AvgIpc) is 2.98. The minimum absolute atomic E-state index is 0.264. The van der Waals surface area contributed by atoms with Gasteiger partial charge in [-0.3, -0.25) is 0 Å². The van der Waals surface area contributed by atoms with E-state index in [2.05, 4.69) is 4.98 Å². The van der Waals surface area contributed by atoms with Crippen LogP contribution in [0.2, 0.25) is 4.34 Å². The van der Waals surface area contributed by atoms with Crippen LogP contribution in [0.4, 0.5) is 0 Å². The lowest BCUT2D eigenvalue weighted by molar-refractivity contribution is 0.475. The quantitative estimate of drug-likeness (QED) is 0.729. The number of thiazole rings is 1. The van der Waals surface area contributed by atoms with Gasteiger partial charge in [-0.05, 0) is 36.4 Å². The molecule has 0 aliphatic heterocycles.